The maximum Gasteiger partial charge on any atom is 0.305 e. The summed E-state index contributed by atoms with van der Waals surface area (Å²) < 4.78 is 9.72. The maximum atomic E-state index is 11.2. The first-order valence-electron chi connectivity index (χ1n) is 5.64. The lowest BCUT2D eigenvalue weighted by atomic mass is 10.1. The first-order chi connectivity index (χ1) is 7.70. The van der Waals surface area contributed by atoms with Crippen LogP contribution in [0.15, 0.2) is 0 Å². The lowest BCUT2D eigenvalue weighted by Crippen LogP contribution is -2.09. The lowest BCUT2D eigenvalue weighted by molar-refractivity contribution is -0.145. The Kier molecular flexibility index (Phi) is 11.7. The summed E-state index contributed by atoms with van der Waals surface area (Å²) in [5.74, 6) is 0.731. The van der Waals surface area contributed by atoms with Crippen molar-refractivity contribution in [1.82, 2.24) is 0 Å². The molecule has 0 fully saturated rings. The van der Waals surface area contributed by atoms with Gasteiger partial charge in [0.25, 0.3) is 0 Å². The van der Waals surface area contributed by atoms with Gasteiger partial charge in [-0.05, 0) is 25.0 Å². The van der Waals surface area contributed by atoms with Crippen LogP contribution in [-0.4, -0.2) is 37.3 Å². The molecule has 0 saturated heterocycles. The van der Waals surface area contributed by atoms with Crippen molar-refractivity contribution in [2.24, 2.45) is 0 Å². The Morgan fingerprint density at radius 2 is 2.00 bits per heavy atom. The molecule has 3 nitrogen and oxygen atoms in total. The molecule has 0 aliphatic heterocycles. The molecule has 1 unspecified atom stereocenters. The summed E-state index contributed by atoms with van der Waals surface area (Å²) >= 11 is 8.57. The van der Waals surface area contributed by atoms with Crippen LogP contribution < -0.4 is 0 Å². The number of carbonyl (C=O) groups is 1. The van der Waals surface area contributed by atoms with E-state index < -0.39 is 0 Å². The van der Waals surface area contributed by atoms with Crippen molar-refractivity contribution in [3.63, 3.8) is 0 Å². The highest BCUT2D eigenvalue weighted by Gasteiger charge is 2.05. The smallest absolute Gasteiger partial charge is 0.305 e. The summed E-state index contributed by atoms with van der Waals surface area (Å²) in [6, 6.07) is 0. The third-order valence-corrected chi connectivity index (χ3v) is 2.96. The van der Waals surface area contributed by atoms with Gasteiger partial charge in [0.2, 0.25) is 0 Å². The molecule has 0 heterocycles. The number of thiol groups is 2. The minimum atomic E-state index is -0.137. The van der Waals surface area contributed by atoms with E-state index in [2.05, 4.69) is 25.3 Å². The molecule has 0 aromatic carbocycles. The lowest BCUT2D eigenvalue weighted by Gasteiger charge is -2.08. The van der Waals surface area contributed by atoms with Gasteiger partial charge in [-0.1, -0.05) is 6.42 Å². The van der Waals surface area contributed by atoms with Crippen LogP contribution in [0.3, 0.4) is 0 Å². The van der Waals surface area contributed by atoms with Crippen molar-refractivity contribution in [2.75, 3.05) is 26.1 Å². The second-order valence-corrected chi connectivity index (χ2v) is 4.80. The number of rotatable bonds is 10. The van der Waals surface area contributed by atoms with Crippen molar-refractivity contribution in [2.45, 2.75) is 37.4 Å². The van der Waals surface area contributed by atoms with Crippen LogP contribution in [0.25, 0.3) is 0 Å². The van der Waals surface area contributed by atoms with E-state index in [4.69, 9.17) is 9.47 Å². The van der Waals surface area contributed by atoms with Crippen molar-refractivity contribution in [3.05, 3.63) is 0 Å². The van der Waals surface area contributed by atoms with E-state index >= 15 is 0 Å². The van der Waals surface area contributed by atoms with Gasteiger partial charge in [-0.15, -0.1) is 0 Å². The number of unbranched alkanes of at least 4 members (excludes halogenated alkanes) is 1. The number of carbonyl (C=O) groups excluding carboxylic acids is 1. The Morgan fingerprint density at radius 3 is 2.62 bits per heavy atom. The van der Waals surface area contributed by atoms with Gasteiger partial charge < -0.3 is 9.47 Å². The number of methoxy groups -OCH3 is 1. The third kappa shape index (κ3) is 10.6. The van der Waals surface area contributed by atoms with E-state index in [1.54, 1.807) is 7.11 Å². The zero-order chi connectivity index (χ0) is 12.2. The summed E-state index contributed by atoms with van der Waals surface area (Å²) in [6.07, 6.45) is 4.43. The molecule has 0 radical (unpaired) electrons. The van der Waals surface area contributed by atoms with E-state index in [1.165, 1.54) is 0 Å². The highest BCUT2D eigenvalue weighted by atomic mass is 32.1. The molecule has 0 bridgehead atoms. The predicted molar refractivity (Wildman–Crippen MR) is 72.5 cm³/mol. The molecule has 16 heavy (non-hydrogen) atoms. The molecule has 0 saturated carbocycles. The van der Waals surface area contributed by atoms with E-state index in [9.17, 15) is 4.79 Å². The Bertz CT molecular complexity index is 177. The Balaban J connectivity index is 3.27. The molecule has 96 valence electrons. The summed E-state index contributed by atoms with van der Waals surface area (Å²) in [4.78, 5) is 11.2. The fourth-order valence-electron chi connectivity index (χ4n) is 1.25. The van der Waals surface area contributed by atoms with E-state index in [1.807, 2.05) is 0 Å². The van der Waals surface area contributed by atoms with E-state index in [0.29, 0.717) is 24.9 Å². The van der Waals surface area contributed by atoms with Gasteiger partial charge in [0, 0.05) is 18.8 Å². The Hall–Kier alpha value is 0.130. The molecule has 0 spiro atoms. The van der Waals surface area contributed by atoms with Gasteiger partial charge in [0.05, 0.1) is 6.61 Å². The third-order valence-electron chi connectivity index (χ3n) is 2.18. The first kappa shape index (κ1) is 16.1. The van der Waals surface area contributed by atoms with E-state index in [-0.39, 0.29) is 5.97 Å². The molecule has 1 atom stereocenters. The number of ether oxygens (including phenoxy) is 2. The summed E-state index contributed by atoms with van der Waals surface area (Å²) in [5, 5.41) is 0.405. The fraction of sp³-hybridized carbons (Fsp3) is 0.909. The second kappa shape index (κ2) is 11.6. The van der Waals surface area contributed by atoms with Crippen LogP contribution in [0.5, 0.6) is 0 Å². The fourth-order valence-corrected chi connectivity index (χ4v) is 2.08. The largest absolute Gasteiger partial charge is 0.463 e. The van der Waals surface area contributed by atoms with Gasteiger partial charge in [-0.3, -0.25) is 4.79 Å². The van der Waals surface area contributed by atoms with Crippen molar-refractivity contribution >= 4 is 31.2 Å². The summed E-state index contributed by atoms with van der Waals surface area (Å²) in [6.45, 7) is 0.816. The van der Waals surface area contributed by atoms with Crippen LogP contribution in [0.1, 0.15) is 32.1 Å². The Labute approximate surface area is 109 Å². The predicted octanol–water partition coefficient (Wildman–Crippen LogP) is 2.35. The average Bonchev–Trinajstić information content (AvgIpc) is 2.25. The quantitative estimate of drug-likeness (QED) is 0.362. The SMILES string of the molecule is COCCOC(=O)CCCCC(S)CCS. The number of hydrogen-bond acceptors (Lipinski definition) is 5. The maximum absolute atomic E-state index is 11.2. The molecule has 0 aromatic heterocycles. The minimum absolute atomic E-state index is 0.137. The van der Waals surface area contributed by atoms with Gasteiger partial charge in [0.15, 0.2) is 0 Å². The summed E-state index contributed by atoms with van der Waals surface area (Å²) in [5.41, 5.74) is 0. The zero-order valence-corrected chi connectivity index (χ0v) is 11.6. The number of esters is 1. The Morgan fingerprint density at radius 1 is 1.25 bits per heavy atom. The molecular weight excluding hydrogens is 244 g/mol. The molecule has 0 aromatic rings. The molecular formula is C11H22O3S2. The van der Waals surface area contributed by atoms with Gasteiger partial charge >= 0.3 is 5.97 Å². The van der Waals surface area contributed by atoms with Crippen LogP contribution >= 0.6 is 25.3 Å². The molecule has 0 aliphatic rings. The minimum Gasteiger partial charge on any atom is -0.463 e. The molecule has 0 amide bonds. The highest BCUT2D eigenvalue weighted by Crippen LogP contribution is 2.12. The van der Waals surface area contributed by atoms with E-state index in [0.717, 1.165) is 31.4 Å². The average molecular weight is 266 g/mol. The van der Waals surface area contributed by atoms with Crippen LogP contribution in [0.2, 0.25) is 0 Å². The first-order valence-corrected chi connectivity index (χ1v) is 6.79. The highest BCUT2D eigenvalue weighted by molar-refractivity contribution is 7.81. The van der Waals surface area contributed by atoms with Gasteiger partial charge in [-0.25, -0.2) is 0 Å². The number of hydrogen-bond donors (Lipinski definition) is 2. The van der Waals surface area contributed by atoms with Crippen LogP contribution in [0.4, 0.5) is 0 Å². The second-order valence-electron chi connectivity index (χ2n) is 3.63. The van der Waals surface area contributed by atoms with Crippen molar-refractivity contribution in [3.8, 4) is 0 Å². The zero-order valence-electron chi connectivity index (χ0n) is 9.85. The summed E-state index contributed by atoms with van der Waals surface area (Å²) in [7, 11) is 1.59. The molecule has 5 heteroatoms. The topological polar surface area (TPSA) is 35.5 Å². The monoisotopic (exact) mass is 266 g/mol. The van der Waals surface area contributed by atoms with Crippen molar-refractivity contribution < 1.29 is 14.3 Å². The standard InChI is InChI=1S/C11H22O3S2/c1-13-7-8-14-11(12)5-3-2-4-10(16)6-9-15/h10,15-16H,2-9H2,1H3. The van der Waals surface area contributed by atoms with Gasteiger partial charge in [-0.2, -0.15) is 25.3 Å². The molecule has 0 rings (SSSR count). The normalized spacial score (nSPS) is 12.4. The molecule has 0 aliphatic carbocycles. The van der Waals surface area contributed by atoms with Crippen molar-refractivity contribution in [1.29, 1.82) is 0 Å². The molecule has 0 N–H and O–H groups in total. The van der Waals surface area contributed by atoms with Crippen LogP contribution in [0, 0.1) is 0 Å². The van der Waals surface area contributed by atoms with Crippen LogP contribution in [-0.2, 0) is 14.3 Å². The van der Waals surface area contributed by atoms with Gasteiger partial charge in [0.1, 0.15) is 6.61 Å².